The van der Waals surface area contributed by atoms with Gasteiger partial charge in [0.05, 0.1) is 17.0 Å². The molecule has 1 atom stereocenters. The molecule has 0 aliphatic rings. The minimum absolute atomic E-state index is 0.0347. The van der Waals surface area contributed by atoms with Gasteiger partial charge >= 0.3 is 0 Å². The topological polar surface area (TPSA) is 116 Å². The molecule has 0 fully saturated rings. The number of nitrogens with zero attached hydrogens (tertiary/aromatic N) is 1. The van der Waals surface area contributed by atoms with Crippen molar-refractivity contribution in [3.05, 3.63) is 101 Å². The van der Waals surface area contributed by atoms with Crippen molar-refractivity contribution in [2.45, 2.75) is 43.2 Å². The molecule has 186 valence electrons. The highest BCUT2D eigenvalue weighted by Gasteiger charge is 2.26. The highest BCUT2D eigenvalue weighted by molar-refractivity contribution is 7.89. The number of ketones is 1. The molecule has 3 aromatic carbocycles. The van der Waals surface area contributed by atoms with Gasteiger partial charge in [0, 0.05) is 12.0 Å². The van der Waals surface area contributed by atoms with Crippen LogP contribution in [0.1, 0.15) is 35.3 Å². The molecule has 0 unspecified atom stereocenters. The second-order valence-corrected chi connectivity index (χ2v) is 10.5. The predicted molar refractivity (Wildman–Crippen MR) is 133 cm³/mol. The summed E-state index contributed by atoms with van der Waals surface area (Å²) in [5, 5.41) is 11.8. The van der Waals surface area contributed by atoms with Crippen molar-refractivity contribution in [3.63, 3.8) is 0 Å². The summed E-state index contributed by atoms with van der Waals surface area (Å²) in [4.78, 5) is 25.9. The zero-order valence-corrected chi connectivity index (χ0v) is 20.7. The molecule has 0 spiro atoms. The lowest BCUT2D eigenvalue weighted by molar-refractivity contribution is -0.120. The molecular formula is C27H26FN3O4S. The van der Waals surface area contributed by atoms with Crippen LogP contribution in [0.5, 0.6) is 0 Å². The molecule has 0 heterocycles. The van der Waals surface area contributed by atoms with Crippen LogP contribution in [0.25, 0.3) is 0 Å². The van der Waals surface area contributed by atoms with Crippen LogP contribution in [0, 0.1) is 17.1 Å². The second kappa shape index (κ2) is 11.2. The standard InChI is InChI=1S/C27H26FN3O4S/c1-27(2,18-29)31-36(34,35)23-14-8-20(9-15-23)17-25(32)24(16-19-6-4-3-5-7-19)30-26(33)21-10-12-22(28)13-11-21/h3-15,24,31H,16-17H2,1-2H3,(H,30,33)/t24-/m0/s1. The van der Waals surface area contributed by atoms with E-state index in [0.717, 1.165) is 5.56 Å². The van der Waals surface area contributed by atoms with Crippen LogP contribution >= 0.6 is 0 Å². The summed E-state index contributed by atoms with van der Waals surface area (Å²) in [7, 11) is -3.92. The summed E-state index contributed by atoms with van der Waals surface area (Å²) < 4.78 is 40.6. The van der Waals surface area contributed by atoms with E-state index in [1.807, 2.05) is 36.4 Å². The fourth-order valence-corrected chi connectivity index (χ4v) is 4.80. The molecule has 0 radical (unpaired) electrons. The Balaban J connectivity index is 1.77. The van der Waals surface area contributed by atoms with Crippen LogP contribution in [0.2, 0.25) is 0 Å². The summed E-state index contributed by atoms with van der Waals surface area (Å²) in [6.07, 6.45) is 0.213. The van der Waals surface area contributed by atoms with Gasteiger partial charge in [0.25, 0.3) is 5.91 Å². The molecule has 7 nitrogen and oxygen atoms in total. The number of amides is 1. The van der Waals surface area contributed by atoms with E-state index >= 15 is 0 Å². The van der Waals surface area contributed by atoms with Crippen LogP contribution in [-0.2, 0) is 27.7 Å². The maximum Gasteiger partial charge on any atom is 0.251 e. The molecule has 3 rings (SSSR count). The van der Waals surface area contributed by atoms with Crippen LogP contribution in [0.15, 0.2) is 83.8 Å². The average molecular weight is 508 g/mol. The van der Waals surface area contributed by atoms with Gasteiger partial charge in [-0.3, -0.25) is 9.59 Å². The van der Waals surface area contributed by atoms with Gasteiger partial charge < -0.3 is 5.32 Å². The van der Waals surface area contributed by atoms with Crippen molar-refractivity contribution in [2.75, 3.05) is 0 Å². The fraction of sp³-hybridized carbons (Fsp3) is 0.222. The molecule has 9 heteroatoms. The molecule has 0 aromatic heterocycles. The quantitative estimate of drug-likeness (QED) is 0.435. The SMILES string of the molecule is CC(C)(C#N)NS(=O)(=O)c1ccc(CC(=O)[C@H](Cc2ccccc2)NC(=O)c2ccc(F)cc2)cc1. The van der Waals surface area contributed by atoms with Gasteiger partial charge in [0.1, 0.15) is 11.4 Å². The van der Waals surface area contributed by atoms with E-state index in [9.17, 15) is 22.4 Å². The Morgan fingerprint density at radius 1 is 0.944 bits per heavy atom. The third-order valence-electron chi connectivity index (χ3n) is 5.36. The van der Waals surface area contributed by atoms with Crippen molar-refractivity contribution in [1.29, 1.82) is 5.26 Å². The third-order valence-corrected chi connectivity index (χ3v) is 7.04. The predicted octanol–water partition coefficient (Wildman–Crippen LogP) is 3.56. The van der Waals surface area contributed by atoms with Crippen LogP contribution in [-0.4, -0.2) is 31.7 Å². The maximum atomic E-state index is 13.2. The van der Waals surface area contributed by atoms with Crippen molar-refractivity contribution in [3.8, 4) is 6.07 Å². The molecule has 0 aliphatic carbocycles. The molecule has 0 saturated heterocycles. The first-order valence-electron chi connectivity index (χ1n) is 11.2. The highest BCUT2D eigenvalue weighted by atomic mass is 32.2. The van der Waals surface area contributed by atoms with Gasteiger partial charge in [-0.2, -0.15) is 9.98 Å². The largest absolute Gasteiger partial charge is 0.342 e. The Labute approximate surface area is 210 Å². The first-order chi connectivity index (χ1) is 17.0. The Morgan fingerprint density at radius 3 is 2.14 bits per heavy atom. The summed E-state index contributed by atoms with van der Waals surface area (Å²) in [6.45, 7) is 2.90. The lowest BCUT2D eigenvalue weighted by Crippen LogP contribution is -2.43. The van der Waals surface area contributed by atoms with E-state index in [1.54, 1.807) is 0 Å². The minimum atomic E-state index is -3.92. The van der Waals surface area contributed by atoms with Crippen LogP contribution in [0.4, 0.5) is 4.39 Å². The van der Waals surface area contributed by atoms with Crippen molar-refractivity contribution in [2.24, 2.45) is 0 Å². The van der Waals surface area contributed by atoms with E-state index in [4.69, 9.17) is 5.26 Å². The molecule has 1 amide bonds. The molecule has 0 bridgehead atoms. The van der Waals surface area contributed by atoms with E-state index in [0.29, 0.717) is 5.56 Å². The van der Waals surface area contributed by atoms with Crippen molar-refractivity contribution >= 4 is 21.7 Å². The first-order valence-corrected chi connectivity index (χ1v) is 12.6. The number of nitriles is 1. The van der Waals surface area contributed by atoms with E-state index < -0.39 is 33.3 Å². The van der Waals surface area contributed by atoms with Gasteiger partial charge in [-0.15, -0.1) is 0 Å². The third kappa shape index (κ3) is 7.31. The molecule has 3 aromatic rings. The Kier molecular flexibility index (Phi) is 8.35. The number of benzene rings is 3. The van der Waals surface area contributed by atoms with Gasteiger partial charge in [-0.25, -0.2) is 12.8 Å². The Hall–Kier alpha value is -3.87. The monoisotopic (exact) mass is 507 g/mol. The zero-order valence-electron chi connectivity index (χ0n) is 19.9. The summed E-state index contributed by atoms with van der Waals surface area (Å²) in [6, 6.07) is 21.0. The molecule has 2 N–H and O–H groups in total. The number of carbonyl (C=O) groups excluding carboxylic acids is 2. The lowest BCUT2D eigenvalue weighted by atomic mass is 9.97. The van der Waals surface area contributed by atoms with E-state index in [-0.39, 0.29) is 29.1 Å². The number of nitrogens with one attached hydrogen (secondary N) is 2. The number of hydrogen-bond acceptors (Lipinski definition) is 5. The first kappa shape index (κ1) is 26.7. The molecular weight excluding hydrogens is 481 g/mol. The Bertz CT molecular complexity index is 1370. The van der Waals surface area contributed by atoms with Crippen molar-refractivity contribution in [1.82, 2.24) is 10.0 Å². The smallest absolute Gasteiger partial charge is 0.251 e. The molecule has 0 aliphatic heterocycles. The van der Waals surface area contributed by atoms with Gasteiger partial charge in [0.15, 0.2) is 5.78 Å². The Morgan fingerprint density at radius 2 is 1.56 bits per heavy atom. The van der Waals surface area contributed by atoms with Crippen LogP contribution < -0.4 is 10.0 Å². The zero-order chi connectivity index (χ0) is 26.3. The number of carbonyl (C=O) groups is 2. The highest BCUT2D eigenvalue weighted by Crippen LogP contribution is 2.16. The number of halogens is 1. The lowest BCUT2D eigenvalue weighted by Gasteiger charge is -2.19. The number of Topliss-reactive ketones (excluding diaryl/α,β-unsaturated/α-hetero) is 1. The summed E-state index contributed by atoms with van der Waals surface area (Å²) in [5.74, 6) is -1.24. The van der Waals surface area contributed by atoms with Gasteiger partial charge in [0.2, 0.25) is 10.0 Å². The average Bonchev–Trinajstić information content (AvgIpc) is 2.84. The fourth-order valence-electron chi connectivity index (χ4n) is 3.47. The van der Waals surface area contributed by atoms with Gasteiger partial charge in [-0.1, -0.05) is 42.5 Å². The van der Waals surface area contributed by atoms with E-state index in [2.05, 4.69) is 10.0 Å². The summed E-state index contributed by atoms with van der Waals surface area (Å²) >= 11 is 0. The molecule has 0 saturated carbocycles. The van der Waals surface area contributed by atoms with E-state index in [1.165, 1.54) is 62.4 Å². The molecule has 36 heavy (non-hydrogen) atoms. The normalized spacial score (nSPS) is 12.4. The number of rotatable bonds is 10. The summed E-state index contributed by atoms with van der Waals surface area (Å²) in [5.41, 5.74) is 0.362. The maximum absolute atomic E-state index is 13.2. The van der Waals surface area contributed by atoms with Gasteiger partial charge in [-0.05, 0) is 67.8 Å². The number of hydrogen-bond donors (Lipinski definition) is 2. The van der Waals surface area contributed by atoms with Crippen molar-refractivity contribution < 1.29 is 22.4 Å². The van der Waals surface area contributed by atoms with Crippen LogP contribution in [0.3, 0.4) is 0 Å². The number of sulfonamides is 1. The second-order valence-electron chi connectivity index (χ2n) is 8.85. The minimum Gasteiger partial charge on any atom is -0.342 e.